The van der Waals surface area contributed by atoms with Crippen molar-refractivity contribution >= 4 is 28.7 Å². The normalized spacial score (nSPS) is 16.5. The van der Waals surface area contributed by atoms with Crippen LogP contribution in [0.15, 0.2) is 36.4 Å². The van der Waals surface area contributed by atoms with E-state index in [1.165, 1.54) is 0 Å². The highest BCUT2D eigenvalue weighted by Gasteiger charge is 2.27. The summed E-state index contributed by atoms with van der Waals surface area (Å²) in [6.45, 7) is 7.43. The molecular weight excluding hydrogens is 466 g/mol. The van der Waals surface area contributed by atoms with Crippen LogP contribution in [-0.4, -0.2) is 44.8 Å². The summed E-state index contributed by atoms with van der Waals surface area (Å²) in [5.74, 6) is 2.01. The lowest BCUT2D eigenvalue weighted by Crippen LogP contribution is -2.42. The highest BCUT2D eigenvalue weighted by atomic mass is 35.5. The number of phenolic OH excluding ortho intramolecular Hbond substituents is 1. The molecule has 1 aromatic heterocycles. The van der Waals surface area contributed by atoms with Crippen molar-refractivity contribution in [2.75, 3.05) is 13.1 Å². The number of carbonyl (C=O) groups is 1. The fraction of sp³-hybridized carbons (Fsp3) is 0.481. The number of nitrogens with zero attached hydrogens (tertiary/aromatic N) is 2. The van der Waals surface area contributed by atoms with Crippen molar-refractivity contribution in [1.82, 2.24) is 14.9 Å². The lowest BCUT2D eigenvalue weighted by atomic mass is 9.92. The van der Waals surface area contributed by atoms with E-state index in [0.29, 0.717) is 28.0 Å². The number of aromatic amines is 1. The molecule has 1 unspecified atom stereocenters. The van der Waals surface area contributed by atoms with Crippen LogP contribution in [0.1, 0.15) is 57.8 Å². The highest BCUT2D eigenvalue weighted by molar-refractivity contribution is 6.30. The minimum Gasteiger partial charge on any atom is -0.505 e. The van der Waals surface area contributed by atoms with E-state index in [4.69, 9.17) is 21.1 Å². The van der Waals surface area contributed by atoms with Gasteiger partial charge in [0.2, 0.25) is 0 Å². The molecule has 188 valence electrons. The van der Waals surface area contributed by atoms with Crippen molar-refractivity contribution in [3.05, 3.63) is 52.8 Å². The number of likely N-dealkylation sites (tertiary alicyclic amines) is 1. The Morgan fingerprint density at radius 1 is 1.23 bits per heavy atom. The molecule has 0 spiro atoms. The van der Waals surface area contributed by atoms with Gasteiger partial charge in [-0.3, -0.25) is 0 Å². The minimum absolute atomic E-state index is 0.218. The number of fused-ring (bicyclic) bond motifs is 1. The van der Waals surface area contributed by atoms with Crippen LogP contribution in [0.2, 0.25) is 5.02 Å². The fourth-order valence-corrected chi connectivity index (χ4v) is 4.61. The number of benzene rings is 2. The molecule has 8 heteroatoms. The number of hydrogen-bond donors (Lipinski definition) is 2. The first-order valence-corrected chi connectivity index (χ1v) is 12.6. The molecule has 1 fully saturated rings. The van der Waals surface area contributed by atoms with Crippen molar-refractivity contribution < 1.29 is 19.4 Å². The molecule has 1 atom stereocenters. The van der Waals surface area contributed by atoms with Crippen LogP contribution in [0.5, 0.6) is 11.5 Å². The molecule has 4 rings (SSSR count). The molecule has 0 saturated carbocycles. The average molecular weight is 500 g/mol. The first-order valence-electron chi connectivity index (χ1n) is 12.2. The van der Waals surface area contributed by atoms with Crippen molar-refractivity contribution in [3.8, 4) is 11.5 Å². The second-order valence-electron chi connectivity index (χ2n) is 10.2. The SMILES string of the molecule is CC(C)(C)OC(=O)N1CCCC(CCCc2ccc3[nH]c(COc4ccc(Cl)cc4)nc3c2O)C1. The zero-order valence-electron chi connectivity index (χ0n) is 20.6. The number of aryl methyl sites for hydroxylation is 1. The monoisotopic (exact) mass is 499 g/mol. The Morgan fingerprint density at radius 2 is 2.00 bits per heavy atom. The molecule has 1 amide bonds. The summed E-state index contributed by atoms with van der Waals surface area (Å²) in [5.41, 5.74) is 1.75. The van der Waals surface area contributed by atoms with E-state index in [2.05, 4.69) is 9.97 Å². The number of H-pyrrole nitrogens is 1. The van der Waals surface area contributed by atoms with E-state index < -0.39 is 5.60 Å². The molecular formula is C27H34ClN3O4. The summed E-state index contributed by atoms with van der Waals surface area (Å²) in [5, 5.41) is 11.5. The van der Waals surface area contributed by atoms with Gasteiger partial charge in [0.15, 0.2) is 0 Å². The number of carbonyl (C=O) groups excluding carboxylic acids is 1. The van der Waals surface area contributed by atoms with Gasteiger partial charge in [0, 0.05) is 18.1 Å². The molecule has 0 aliphatic carbocycles. The van der Waals surface area contributed by atoms with Gasteiger partial charge >= 0.3 is 6.09 Å². The number of aromatic hydroxyl groups is 1. The first-order chi connectivity index (χ1) is 16.7. The summed E-state index contributed by atoms with van der Waals surface area (Å²) >= 11 is 5.91. The van der Waals surface area contributed by atoms with Gasteiger partial charge in [-0.05, 0) is 94.7 Å². The minimum atomic E-state index is -0.478. The van der Waals surface area contributed by atoms with Crippen LogP contribution in [0.25, 0.3) is 11.0 Å². The maximum absolute atomic E-state index is 12.4. The molecule has 3 aromatic rings. The lowest BCUT2D eigenvalue weighted by molar-refractivity contribution is 0.0161. The van der Waals surface area contributed by atoms with E-state index in [1.807, 2.05) is 37.8 Å². The maximum atomic E-state index is 12.4. The molecule has 2 aromatic carbocycles. The van der Waals surface area contributed by atoms with Gasteiger partial charge in [-0.15, -0.1) is 0 Å². The average Bonchev–Trinajstić information content (AvgIpc) is 3.23. The molecule has 0 bridgehead atoms. The van der Waals surface area contributed by atoms with Gasteiger partial charge in [-0.1, -0.05) is 17.7 Å². The molecule has 7 nitrogen and oxygen atoms in total. The number of halogens is 1. The summed E-state index contributed by atoms with van der Waals surface area (Å²) in [6, 6.07) is 11.1. The predicted molar refractivity (Wildman–Crippen MR) is 137 cm³/mol. The number of aromatic nitrogens is 2. The molecule has 1 aliphatic rings. The zero-order chi connectivity index (χ0) is 25.0. The Bertz CT molecular complexity index is 1150. The lowest BCUT2D eigenvalue weighted by Gasteiger charge is -2.34. The number of phenols is 1. The van der Waals surface area contributed by atoms with Crippen LogP contribution >= 0.6 is 11.6 Å². The Balaban J connectivity index is 1.31. The molecule has 1 aliphatic heterocycles. The second-order valence-corrected chi connectivity index (χ2v) is 10.7. The summed E-state index contributed by atoms with van der Waals surface area (Å²) in [7, 11) is 0. The molecule has 2 heterocycles. The maximum Gasteiger partial charge on any atom is 0.410 e. The Kier molecular flexibility index (Phi) is 7.75. The predicted octanol–water partition coefficient (Wildman–Crippen LogP) is 6.47. The van der Waals surface area contributed by atoms with E-state index in [9.17, 15) is 9.90 Å². The Labute approximate surface area is 211 Å². The van der Waals surface area contributed by atoms with Crippen LogP contribution in [-0.2, 0) is 17.8 Å². The van der Waals surface area contributed by atoms with Gasteiger partial charge in [0.05, 0.1) is 5.52 Å². The standard InChI is InChI=1S/C27H34ClN3O4/c1-27(2,3)35-26(33)31-15-5-7-18(16-31)6-4-8-19-9-14-22-24(25(19)32)30-23(29-22)17-34-21-12-10-20(28)11-13-21/h9-14,18,32H,4-8,15-17H2,1-3H3,(H,29,30). The highest BCUT2D eigenvalue weighted by Crippen LogP contribution is 2.30. The summed E-state index contributed by atoms with van der Waals surface area (Å²) in [4.78, 5) is 22.0. The number of hydrogen-bond acceptors (Lipinski definition) is 5. The Hall–Kier alpha value is -2.93. The van der Waals surface area contributed by atoms with Crippen molar-refractivity contribution in [2.24, 2.45) is 5.92 Å². The first kappa shape index (κ1) is 25.2. The number of amides is 1. The number of piperidine rings is 1. The van der Waals surface area contributed by atoms with Crippen molar-refractivity contribution in [1.29, 1.82) is 0 Å². The smallest absolute Gasteiger partial charge is 0.410 e. The van der Waals surface area contributed by atoms with Crippen LogP contribution in [0.4, 0.5) is 4.79 Å². The van der Waals surface area contributed by atoms with E-state index in [1.54, 1.807) is 24.3 Å². The molecule has 2 N–H and O–H groups in total. The second kappa shape index (κ2) is 10.8. The number of nitrogens with one attached hydrogen (secondary N) is 1. The number of imidazole rings is 1. The molecule has 35 heavy (non-hydrogen) atoms. The van der Waals surface area contributed by atoms with Crippen LogP contribution in [0.3, 0.4) is 0 Å². The van der Waals surface area contributed by atoms with E-state index >= 15 is 0 Å². The van der Waals surface area contributed by atoms with Crippen LogP contribution < -0.4 is 4.74 Å². The largest absolute Gasteiger partial charge is 0.505 e. The van der Waals surface area contributed by atoms with Gasteiger partial charge in [-0.25, -0.2) is 9.78 Å². The number of ether oxygens (including phenoxy) is 2. The molecule has 1 saturated heterocycles. The van der Waals surface area contributed by atoms with E-state index in [-0.39, 0.29) is 18.4 Å². The topological polar surface area (TPSA) is 87.7 Å². The number of rotatable bonds is 7. The summed E-state index contributed by atoms with van der Waals surface area (Å²) in [6.07, 6.45) is 4.57. The zero-order valence-corrected chi connectivity index (χ0v) is 21.4. The van der Waals surface area contributed by atoms with Crippen molar-refractivity contribution in [2.45, 2.75) is 65.1 Å². The quantitative estimate of drug-likeness (QED) is 0.389. The van der Waals surface area contributed by atoms with Gasteiger partial charge in [0.1, 0.15) is 35.0 Å². The summed E-state index contributed by atoms with van der Waals surface area (Å²) < 4.78 is 11.3. The molecule has 0 radical (unpaired) electrons. The third kappa shape index (κ3) is 6.82. The Morgan fingerprint density at radius 3 is 2.74 bits per heavy atom. The third-order valence-corrected chi connectivity index (χ3v) is 6.43. The fourth-order valence-electron chi connectivity index (χ4n) is 4.48. The van der Waals surface area contributed by atoms with Crippen LogP contribution in [0, 0.1) is 5.92 Å². The van der Waals surface area contributed by atoms with Crippen molar-refractivity contribution in [3.63, 3.8) is 0 Å². The third-order valence-electron chi connectivity index (χ3n) is 6.18. The van der Waals surface area contributed by atoms with E-state index in [0.717, 1.165) is 56.3 Å². The van der Waals surface area contributed by atoms with Gasteiger partial charge in [0.25, 0.3) is 0 Å². The van der Waals surface area contributed by atoms with Gasteiger partial charge in [-0.2, -0.15) is 0 Å². The van der Waals surface area contributed by atoms with Gasteiger partial charge < -0.3 is 24.5 Å².